The van der Waals surface area contributed by atoms with Crippen molar-refractivity contribution in [2.45, 2.75) is 6.92 Å². The Morgan fingerprint density at radius 3 is 3.00 bits per heavy atom. The Morgan fingerprint density at radius 1 is 1.30 bits per heavy atom. The first-order valence-electron chi connectivity index (χ1n) is 6.00. The number of anilines is 1. The van der Waals surface area contributed by atoms with Crippen LogP contribution >= 0.6 is 11.3 Å². The lowest BCUT2D eigenvalue weighted by Gasteiger charge is -1.99. The molecule has 3 rings (SSSR count). The summed E-state index contributed by atoms with van der Waals surface area (Å²) in [5, 5.41) is 4.87. The van der Waals surface area contributed by atoms with Crippen LogP contribution in [0.4, 0.5) is 9.52 Å². The second-order valence-electron chi connectivity index (χ2n) is 4.16. The number of aromatic nitrogens is 2. The fraction of sp³-hybridized carbons (Fsp3) is 0.0714. The lowest BCUT2D eigenvalue weighted by molar-refractivity contribution is 0.629. The maximum absolute atomic E-state index is 13.1. The molecule has 0 amide bonds. The van der Waals surface area contributed by atoms with Crippen LogP contribution in [0.25, 0.3) is 10.2 Å². The highest BCUT2D eigenvalue weighted by atomic mass is 32.1. The van der Waals surface area contributed by atoms with Crippen molar-refractivity contribution in [2.75, 3.05) is 5.43 Å². The van der Waals surface area contributed by atoms with E-state index in [0.29, 0.717) is 10.6 Å². The van der Waals surface area contributed by atoms with Crippen molar-refractivity contribution in [3.05, 3.63) is 54.1 Å². The molecule has 4 nitrogen and oxygen atoms in total. The Kier molecular flexibility index (Phi) is 3.39. The minimum Gasteiger partial charge on any atom is -0.255 e. The van der Waals surface area contributed by atoms with Crippen molar-refractivity contribution in [1.29, 1.82) is 0 Å². The highest BCUT2D eigenvalue weighted by Crippen LogP contribution is 2.26. The lowest BCUT2D eigenvalue weighted by atomic mass is 10.3. The van der Waals surface area contributed by atoms with Gasteiger partial charge in [-0.25, -0.2) is 9.37 Å². The number of nitrogens with one attached hydrogen (secondary N) is 1. The highest BCUT2D eigenvalue weighted by molar-refractivity contribution is 7.22. The number of thiazole rings is 1. The number of rotatable bonds is 3. The molecular formula is C14H11FN4S. The molecule has 0 saturated carbocycles. The Balaban J connectivity index is 1.83. The number of fused-ring (bicyclic) bond motifs is 1. The summed E-state index contributed by atoms with van der Waals surface area (Å²) in [6, 6.07) is 10.2. The van der Waals surface area contributed by atoms with Crippen molar-refractivity contribution in [3.63, 3.8) is 0 Å². The molecule has 0 spiro atoms. The largest absolute Gasteiger partial charge is 0.255 e. The zero-order chi connectivity index (χ0) is 13.9. The van der Waals surface area contributed by atoms with E-state index < -0.39 is 0 Å². The standard InChI is InChI=1S/C14H11FN4S/c1-9(11-4-2-3-7-16-11)18-19-14-17-12-8-10(15)5-6-13(12)20-14/h2-8H,1H3,(H,17,19)/b18-9+. The quantitative estimate of drug-likeness (QED) is 0.590. The number of hydrogen-bond donors (Lipinski definition) is 1. The van der Waals surface area contributed by atoms with Gasteiger partial charge in [-0.3, -0.25) is 10.4 Å². The Hall–Kier alpha value is -2.34. The monoisotopic (exact) mass is 286 g/mol. The third kappa shape index (κ3) is 2.65. The third-order valence-corrected chi connectivity index (χ3v) is 3.65. The van der Waals surface area contributed by atoms with Gasteiger partial charge in [-0.1, -0.05) is 17.4 Å². The van der Waals surface area contributed by atoms with E-state index in [1.807, 2.05) is 25.1 Å². The fourth-order valence-corrected chi connectivity index (χ4v) is 2.50. The molecule has 0 aliphatic rings. The zero-order valence-corrected chi connectivity index (χ0v) is 11.5. The van der Waals surface area contributed by atoms with Crippen LogP contribution in [0.15, 0.2) is 47.7 Å². The molecule has 3 aromatic rings. The van der Waals surface area contributed by atoms with Crippen LogP contribution in [-0.4, -0.2) is 15.7 Å². The first-order chi connectivity index (χ1) is 9.72. The molecule has 0 radical (unpaired) electrons. The van der Waals surface area contributed by atoms with Crippen LogP contribution in [0.3, 0.4) is 0 Å². The summed E-state index contributed by atoms with van der Waals surface area (Å²) < 4.78 is 14.0. The summed E-state index contributed by atoms with van der Waals surface area (Å²) in [6.07, 6.45) is 1.72. The number of hydrogen-bond acceptors (Lipinski definition) is 5. The average Bonchev–Trinajstić information content (AvgIpc) is 2.87. The smallest absolute Gasteiger partial charge is 0.204 e. The molecule has 0 unspecified atom stereocenters. The molecule has 0 atom stereocenters. The van der Waals surface area contributed by atoms with Gasteiger partial charge in [0.1, 0.15) is 5.82 Å². The van der Waals surface area contributed by atoms with Gasteiger partial charge < -0.3 is 0 Å². The number of hydrazone groups is 1. The molecule has 2 heterocycles. The van der Waals surface area contributed by atoms with Gasteiger partial charge in [-0.05, 0) is 31.2 Å². The van der Waals surface area contributed by atoms with Gasteiger partial charge >= 0.3 is 0 Å². The summed E-state index contributed by atoms with van der Waals surface area (Å²) >= 11 is 1.43. The normalized spacial score (nSPS) is 11.8. The highest BCUT2D eigenvalue weighted by Gasteiger charge is 2.04. The minimum absolute atomic E-state index is 0.289. The maximum atomic E-state index is 13.1. The van der Waals surface area contributed by atoms with Gasteiger partial charge in [0.15, 0.2) is 0 Å². The predicted molar refractivity (Wildman–Crippen MR) is 79.6 cm³/mol. The van der Waals surface area contributed by atoms with E-state index in [1.165, 1.54) is 23.5 Å². The topological polar surface area (TPSA) is 50.2 Å². The van der Waals surface area contributed by atoms with Crippen molar-refractivity contribution in [3.8, 4) is 0 Å². The van der Waals surface area contributed by atoms with Crippen LogP contribution in [0.2, 0.25) is 0 Å². The van der Waals surface area contributed by atoms with E-state index in [4.69, 9.17) is 0 Å². The van der Waals surface area contributed by atoms with Crippen LogP contribution in [0.5, 0.6) is 0 Å². The summed E-state index contributed by atoms with van der Waals surface area (Å²) in [4.78, 5) is 8.49. The van der Waals surface area contributed by atoms with E-state index in [2.05, 4.69) is 20.5 Å². The SMILES string of the molecule is C/C(=N\Nc1nc2cc(F)ccc2s1)c1ccccn1. The summed E-state index contributed by atoms with van der Waals surface area (Å²) in [5.74, 6) is -0.289. The van der Waals surface area contributed by atoms with Gasteiger partial charge in [0.05, 0.1) is 21.6 Å². The van der Waals surface area contributed by atoms with Crippen molar-refractivity contribution >= 4 is 32.4 Å². The second kappa shape index (κ2) is 5.34. The molecule has 0 aliphatic heterocycles. The van der Waals surface area contributed by atoms with E-state index >= 15 is 0 Å². The van der Waals surface area contributed by atoms with Crippen molar-refractivity contribution < 1.29 is 4.39 Å². The van der Waals surface area contributed by atoms with E-state index in [9.17, 15) is 4.39 Å². The molecule has 0 aliphatic carbocycles. The maximum Gasteiger partial charge on any atom is 0.204 e. The lowest BCUT2D eigenvalue weighted by Crippen LogP contribution is -2.01. The third-order valence-electron chi connectivity index (χ3n) is 2.70. The zero-order valence-electron chi connectivity index (χ0n) is 10.7. The van der Waals surface area contributed by atoms with Crippen molar-refractivity contribution in [2.24, 2.45) is 5.10 Å². The number of nitrogens with zero attached hydrogens (tertiary/aromatic N) is 3. The molecule has 0 bridgehead atoms. The average molecular weight is 286 g/mol. The first kappa shape index (κ1) is 12.7. The number of pyridine rings is 1. The van der Waals surface area contributed by atoms with Gasteiger partial charge in [-0.15, -0.1) is 0 Å². The molecule has 6 heteroatoms. The minimum atomic E-state index is -0.289. The van der Waals surface area contributed by atoms with Crippen LogP contribution in [-0.2, 0) is 0 Å². The summed E-state index contributed by atoms with van der Waals surface area (Å²) in [6.45, 7) is 1.86. The molecule has 1 N–H and O–H groups in total. The van der Waals surface area contributed by atoms with Crippen molar-refractivity contribution in [1.82, 2.24) is 9.97 Å². The molecule has 1 aromatic carbocycles. The van der Waals surface area contributed by atoms with Gasteiger partial charge in [0.2, 0.25) is 5.13 Å². The van der Waals surface area contributed by atoms with Crippen LogP contribution in [0, 0.1) is 5.82 Å². The molecule has 0 fully saturated rings. The summed E-state index contributed by atoms with van der Waals surface area (Å²) in [5.41, 5.74) is 5.07. The van der Waals surface area contributed by atoms with E-state index in [0.717, 1.165) is 16.1 Å². The van der Waals surface area contributed by atoms with E-state index in [1.54, 1.807) is 12.3 Å². The molecule has 0 saturated heterocycles. The Labute approximate surface area is 119 Å². The number of halogens is 1. The van der Waals surface area contributed by atoms with Gasteiger partial charge in [0.25, 0.3) is 0 Å². The second-order valence-corrected chi connectivity index (χ2v) is 5.19. The van der Waals surface area contributed by atoms with Gasteiger partial charge in [-0.2, -0.15) is 5.10 Å². The summed E-state index contributed by atoms with van der Waals surface area (Å²) in [7, 11) is 0. The van der Waals surface area contributed by atoms with Crippen LogP contribution in [0.1, 0.15) is 12.6 Å². The Bertz CT molecular complexity index is 767. The molecule has 100 valence electrons. The Morgan fingerprint density at radius 2 is 2.20 bits per heavy atom. The predicted octanol–water partition coefficient (Wildman–Crippen LogP) is 3.67. The fourth-order valence-electron chi connectivity index (χ4n) is 1.71. The molecule has 2 aromatic heterocycles. The van der Waals surface area contributed by atoms with Gasteiger partial charge in [0, 0.05) is 12.3 Å². The van der Waals surface area contributed by atoms with Crippen LogP contribution < -0.4 is 5.43 Å². The number of benzene rings is 1. The molecular weight excluding hydrogens is 275 g/mol. The molecule has 20 heavy (non-hydrogen) atoms. The first-order valence-corrected chi connectivity index (χ1v) is 6.82. The van der Waals surface area contributed by atoms with E-state index in [-0.39, 0.29) is 5.82 Å².